The number of amides is 2. The van der Waals surface area contributed by atoms with E-state index in [1.165, 1.54) is 22.9 Å². The van der Waals surface area contributed by atoms with E-state index in [0.717, 1.165) is 25.7 Å². The van der Waals surface area contributed by atoms with Crippen molar-refractivity contribution in [2.45, 2.75) is 118 Å². The second kappa shape index (κ2) is 15.8. The third-order valence-corrected chi connectivity index (χ3v) is 8.02. The van der Waals surface area contributed by atoms with Crippen molar-refractivity contribution in [2.24, 2.45) is 10.8 Å². The molecular weight excluding hydrogens is 552 g/mol. The van der Waals surface area contributed by atoms with Gasteiger partial charge in [-0.25, -0.2) is 4.79 Å². The van der Waals surface area contributed by atoms with Gasteiger partial charge in [0.1, 0.15) is 12.3 Å². The highest BCUT2D eigenvalue weighted by Gasteiger charge is 2.40. The molecule has 1 fully saturated rings. The standard InChI is InChI=1S/C32H54N4O7/c1-10-41-21-24-23(43-31(5,6)7)19-26(42-24)36-20-22(27(38)35-29(36)40)15-16-25(37)33-17-13-11-12-14-18-34-28(39)32(8,9)30(2,3)4/h15-16,20,23-24,26H,10-14,17-19,21H2,1-9H3,(H,33,37)(H,34,39)(H,35,38,40)/b16-15+. The first-order valence-electron chi connectivity index (χ1n) is 15.5. The minimum absolute atomic E-state index is 0.0635. The van der Waals surface area contributed by atoms with Crippen molar-refractivity contribution >= 4 is 17.9 Å². The van der Waals surface area contributed by atoms with Gasteiger partial charge >= 0.3 is 5.69 Å². The van der Waals surface area contributed by atoms with Gasteiger partial charge in [0, 0.05) is 43.8 Å². The first-order chi connectivity index (χ1) is 20.0. The van der Waals surface area contributed by atoms with Gasteiger partial charge in [0.25, 0.3) is 5.56 Å². The lowest BCUT2D eigenvalue weighted by Gasteiger charge is -2.37. The van der Waals surface area contributed by atoms with Gasteiger partial charge in [0.2, 0.25) is 11.8 Å². The molecule has 0 aromatic carbocycles. The first-order valence-corrected chi connectivity index (χ1v) is 15.5. The summed E-state index contributed by atoms with van der Waals surface area (Å²) in [6.45, 7) is 19.9. The fraction of sp³-hybridized carbons (Fsp3) is 0.750. The lowest BCUT2D eigenvalue weighted by Crippen LogP contribution is -2.45. The SMILES string of the molecule is CCOCC1OC(n2cc(/C=C/C(=O)NCCCCCCNC(=O)C(C)(C)C(C)(C)C)c(=O)[nH]c2=O)CC1OC(C)(C)C. The summed E-state index contributed by atoms with van der Waals surface area (Å²) in [4.78, 5) is 52.3. The molecule has 2 amide bonds. The minimum Gasteiger partial charge on any atom is -0.379 e. The second-order valence-electron chi connectivity index (χ2n) is 13.7. The molecule has 1 saturated heterocycles. The molecule has 0 saturated carbocycles. The number of carbonyl (C=O) groups excluding carboxylic acids is 2. The molecule has 2 heterocycles. The number of unbranched alkanes of at least 4 members (excludes halogenated alkanes) is 3. The highest BCUT2D eigenvalue weighted by Crippen LogP contribution is 2.38. The van der Waals surface area contributed by atoms with Crippen LogP contribution in [0, 0.1) is 10.8 Å². The van der Waals surface area contributed by atoms with E-state index in [1.807, 2.05) is 41.5 Å². The lowest BCUT2D eigenvalue weighted by atomic mass is 9.69. The van der Waals surface area contributed by atoms with Crippen LogP contribution < -0.4 is 21.9 Å². The van der Waals surface area contributed by atoms with Gasteiger partial charge in [-0.05, 0) is 52.0 Å². The summed E-state index contributed by atoms with van der Waals surface area (Å²) in [6, 6.07) is 0. The van der Waals surface area contributed by atoms with Crippen molar-refractivity contribution in [1.29, 1.82) is 0 Å². The molecule has 244 valence electrons. The van der Waals surface area contributed by atoms with E-state index in [2.05, 4.69) is 36.4 Å². The average Bonchev–Trinajstić information content (AvgIpc) is 3.27. The summed E-state index contributed by atoms with van der Waals surface area (Å²) in [7, 11) is 0. The monoisotopic (exact) mass is 606 g/mol. The maximum atomic E-state index is 12.6. The van der Waals surface area contributed by atoms with Crippen molar-refractivity contribution in [3.05, 3.63) is 38.7 Å². The summed E-state index contributed by atoms with van der Waals surface area (Å²) in [5.74, 6) is -0.269. The fourth-order valence-electron chi connectivity index (χ4n) is 4.47. The van der Waals surface area contributed by atoms with Crippen LogP contribution >= 0.6 is 0 Å². The van der Waals surface area contributed by atoms with E-state index in [9.17, 15) is 19.2 Å². The largest absolute Gasteiger partial charge is 0.379 e. The Morgan fingerprint density at radius 2 is 1.65 bits per heavy atom. The summed E-state index contributed by atoms with van der Waals surface area (Å²) in [5.41, 5.74) is -2.01. The summed E-state index contributed by atoms with van der Waals surface area (Å²) in [6.07, 6.45) is 6.71. The van der Waals surface area contributed by atoms with Crippen LogP contribution in [0.3, 0.4) is 0 Å². The molecule has 43 heavy (non-hydrogen) atoms. The Morgan fingerprint density at radius 1 is 1.02 bits per heavy atom. The van der Waals surface area contributed by atoms with Gasteiger partial charge in [-0.2, -0.15) is 0 Å². The second-order valence-corrected chi connectivity index (χ2v) is 13.7. The molecule has 1 aliphatic heterocycles. The van der Waals surface area contributed by atoms with Crippen molar-refractivity contribution in [1.82, 2.24) is 20.2 Å². The van der Waals surface area contributed by atoms with E-state index >= 15 is 0 Å². The molecular formula is C32H54N4O7. The molecule has 3 atom stereocenters. The minimum atomic E-state index is -0.651. The van der Waals surface area contributed by atoms with Gasteiger partial charge in [-0.3, -0.25) is 23.9 Å². The predicted octanol–water partition coefficient (Wildman–Crippen LogP) is 3.92. The molecule has 1 aromatic rings. The molecule has 3 unspecified atom stereocenters. The van der Waals surface area contributed by atoms with Gasteiger partial charge in [0.05, 0.1) is 23.9 Å². The molecule has 1 aliphatic rings. The maximum Gasteiger partial charge on any atom is 0.330 e. The number of hydrogen-bond donors (Lipinski definition) is 3. The van der Waals surface area contributed by atoms with E-state index < -0.39 is 28.5 Å². The molecule has 0 radical (unpaired) electrons. The Morgan fingerprint density at radius 3 is 2.23 bits per heavy atom. The highest BCUT2D eigenvalue weighted by molar-refractivity contribution is 5.91. The van der Waals surface area contributed by atoms with Crippen molar-refractivity contribution in [2.75, 3.05) is 26.3 Å². The first kappa shape index (κ1) is 36.4. The molecule has 0 aliphatic carbocycles. The van der Waals surface area contributed by atoms with Gasteiger partial charge in [-0.1, -0.05) is 47.5 Å². The number of ether oxygens (including phenoxy) is 3. The zero-order chi connectivity index (χ0) is 32.4. The van der Waals surface area contributed by atoms with Gasteiger partial charge in [-0.15, -0.1) is 0 Å². The van der Waals surface area contributed by atoms with Crippen LogP contribution in [0.15, 0.2) is 21.9 Å². The Labute approximate surface area is 256 Å². The van der Waals surface area contributed by atoms with Crippen molar-refractivity contribution in [3.8, 4) is 0 Å². The van der Waals surface area contributed by atoms with Crippen LogP contribution in [0.5, 0.6) is 0 Å². The summed E-state index contributed by atoms with van der Waals surface area (Å²) >= 11 is 0. The Bertz CT molecular complexity index is 1200. The van der Waals surface area contributed by atoms with Crippen LogP contribution in [-0.2, 0) is 23.8 Å². The maximum absolute atomic E-state index is 12.6. The Kier molecular flexibility index (Phi) is 13.4. The average molecular weight is 607 g/mol. The zero-order valence-electron chi connectivity index (χ0n) is 27.6. The smallest absolute Gasteiger partial charge is 0.330 e. The molecule has 0 bridgehead atoms. The Balaban J connectivity index is 1.85. The molecule has 0 spiro atoms. The van der Waals surface area contributed by atoms with Crippen LogP contribution in [0.1, 0.15) is 106 Å². The van der Waals surface area contributed by atoms with E-state index in [0.29, 0.717) is 32.7 Å². The number of nitrogens with one attached hydrogen (secondary N) is 3. The van der Waals surface area contributed by atoms with Crippen LogP contribution in [0.2, 0.25) is 0 Å². The number of rotatable bonds is 15. The van der Waals surface area contributed by atoms with Crippen LogP contribution in [0.4, 0.5) is 0 Å². The Hall–Kier alpha value is -2.76. The van der Waals surface area contributed by atoms with Crippen LogP contribution in [0.25, 0.3) is 6.08 Å². The van der Waals surface area contributed by atoms with E-state index in [1.54, 1.807) is 0 Å². The van der Waals surface area contributed by atoms with E-state index in [-0.39, 0.29) is 35.0 Å². The molecule has 11 nitrogen and oxygen atoms in total. The third-order valence-electron chi connectivity index (χ3n) is 8.02. The van der Waals surface area contributed by atoms with Crippen molar-refractivity contribution in [3.63, 3.8) is 0 Å². The number of H-pyrrole nitrogens is 1. The van der Waals surface area contributed by atoms with Gasteiger partial charge < -0.3 is 24.8 Å². The quantitative estimate of drug-likeness (QED) is 0.203. The topological polar surface area (TPSA) is 141 Å². The number of carbonyl (C=O) groups is 2. The number of nitrogens with zero attached hydrogens (tertiary/aromatic N) is 1. The molecule has 1 aromatic heterocycles. The summed E-state index contributed by atoms with van der Waals surface area (Å²) in [5, 5.41) is 5.86. The van der Waals surface area contributed by atoms with E-state index in [4.69, 9.17) is 14.2 Å². The number of aromatic amines is 1. The van der Waals surface area contributed by atoms with Gasteiger partial charge in [0.15, 0.2) is 0 Å². The molecule has 3 N–H and O–H groups in total. The summed E-state index contributed by atoms with van der Waals surface area (Å²) < 4.78 is 19.2. The molecule has 2 rings (SSSR count). The zero-order valence-corrected chi connectivity index (χ0v) is 27.6. The third kappa shape index (κ3) is 11.4. The van der Waals surface area contributed by atoms with Crippen LogP contribution in [-0.4, -0.2) is 65.5 Å². The van der Waals surface area contributed by atoms with Crippen molar-refractivity contribution < 1.29 is 23.8 Å². The number of hydrogen-bond acceptors (Lipinski definition) is 7. The highest BCUT2D eigenvalue weighted by atomic mass is 16.6. The predicted molar refractivity (Wildman–Crippen MR) is 168 cm³/mol. The lowest BCUT2D eigenvalue weighted by molar-refractivity contribution is -0.134. The molecule has 11 heteroatoms. The fourth-order valence-corrected chi connectivity index (χ4v) is 4.47. The normalized spacial score (nSPS) is 19.6. The number of aromatic nitrogens is 2.